The van der Waals surface area contributed by atoms with E-state index in [0.717, 1.165) is 22.0 Å². The summed E-state index contributed by atoms with van der Waals surface area (Å²) in [6.45, 7) is 3.63. The summed E-state index contributed by atoms with van der Waals surface area (Å²) in [5, 5.41) is 10.9. The molecule has 2 N–H and O–H groups in total. The lowest BCUT2D eigenvalue weighted by molar-refractivity contribution is 0.174. The van der Waals surface area contributed by atoms with Crippen molar-refractivity contribution in [3.63, 3.8) is 0 Å². The molecule has 6 heteroatoms. The Labute approximate surface area is 137 Å². The van der Waals surface area contributed by atoms with Gasteiger partial charge in [-0.15, -0.1) is 0 Å². The van der Waals surface area contributed by atoms with Crippen molar-refractivity contribution >= 4 is 34.4 Å². The molecule has 23 heavy (non-hydrogen) atoms. The van der Waals surface area contributed by atoms with Gasteiger partial charge in [-0.05, 0) is 17.7 Å². The molecule has 0 spiro atoms. The Morgan fingerprint density at radius 1 is 1.35 bits per heavy atom. The Kier molecular flexibility index (Phi) is 4.30. The van der Waals surface area contributed by atoms with Crippen LogP contribution in [0.3, 0.4) is 0 Å². The minimum atomic E-state index is -0.588. The first-order valence-corrected chi connectivity index (χ1v) is 7.34. The molecule has 0 aliphatic rings. The number of aromatic nitrogens is 2. The highest BCUT2D eigenvalue weighted by atomic mass is 35.5. The van der Waals surface area contributed by atoms with Crippen molar-refractivity contribution in [2.24, 2.45) is 0 Å². The third-order valence-corrected chi connectivity index (χ3v) is 3.60. The fourth-order valence-corrected chi connectivity index (χ4v) is 2.51. The highest BCUT2D eigenvalue weighted by molar-refractivity contribution is 6.34. The third-order valence-electron chi connectivity index (χ3n) is 3.29. The summed E-state index contributed by atoms with van der Waals surface area (Å²) < 4.78 is 4.90. The van der Waals surface area contributed by atoms with E-state index < -0.39 is 6.09 Å². The van der Waals surface area contributed by atoms with Gasteiger partial charge in [-0.1, -0.05) is 54.6 Å². The minimum absolute atomic E-state index is 0.134. The topological polar surface area (TPSA) is 67.0 Å². The van der Waals surface area contributed by atoms with E-state index in [-0.39, 0.29) is 6.61 Å². The summed E-state index contributed by atoms with van der Waals surface area (Å²) in [6.07, 6.45) is 0.907. The first kappa shape index (κ1) is 15.1. The standard InChI is InChI=1S/C17H14ClN3O2/c1-2-8-23-17(22)19-16-13-9-12(11-6-4-3-5-7-11)14(18)10-15(13)20-21-16/h2-7,9-10H,1,8H2,(H2,19,20,21,22). The lowest BCUT2D eigenvalue weighted by Crippen LogP contribution is -2.14. The van der Waals surface area contributed by atoms with Crippen LogP contribution in [0.15, 0.2) is 55.1 Å². The fourth-order valence-electron chi connectivity index (χ4n) is 2.24. The number of aromatic amines is 1. The van der Waals surface area contributed by atoms with E-state index in [4.69, 9.17) is 16.3 Å². The van der Waals surface area contributed by atoms with Gasteiger partial charge in [0.1, 0.15) is 6.61 Å². The van der Waals surface area contributed by atoms with E-state index in [1.54, 1.807) is 6.07 Å². The molecule has 0 unspecified atom stereocenters. The van der Waals surface area contributed by atoms with Crippen molar-refractivity contribution in [3.05, 3.63) is 60.1 Å². The van der Waals surface area contributed by atoms with Crippen molar-refractivity contribution in [1.82, 2.24) is 10.2 Å². The number of amides is 1. The van der Waals surface area contributed by atoms with Gasteiger partial charge in [0.05, 0.1) is 10.5 Å². The molecule has 0 radical (unpaired) electrons. The Morgan fingerprint density at radius 2 is 2.13 bits per heavy atom. The van der Waals surface area contributed by atoms with Crippen molar-refractivity contribution in [3.8, 4) is 11.1 Å². The molecule has 1 aromatic heterocycles. The zero-order valence-electron chi connectivity index (χ0n) is 12.2. The second-order valence-electron chi connectivity index (χ2n) is 4.83. The molecule has 2 aromatic carbocycles. The van der Waals surface area contributed by atoms with Crippen LogP contribution in [0.4, 0.5) is 10.6 Å². The molecular weight excluding hydrogens is 314 g/mol. The normalized spacial score (nSPS) is 10.5. The molecule has 0 fully saturated rings. The van der Waals surface area contributed by atoms with Crippen LogP contribution in [0, 0.1) is 0 Å². The molecule has 116 valence electrons. The quantitative estimate of drug-likeness (QED) is 0.687. The average Bonchev–Trinajstić information content (AvgIpc) is 2.94. The first-order chi connectivity index (χ1) is 11.2. The Morgan fingerprint density at radius 3 is 2.87 bits per heavy atom. The summed E-state index contributed by atoms with van der Waals surface area (Å²) in [5.74, 6) is 0.392. The van der Waals surface area contributed by atoms with Crippen LogP contribution in [-0.2, 0) is 4.74 Å². The third kappa shape index (κ3) is 3.19. The predicted octanol–water partition coefficient (Wildman–Crippen LogP) is 4.62. The van der Waals surface area contributed by atoms with Gasteiger partial charge in [0, 0.05) is 10.9 Å². The summed E-state index contributed by atoms with van der Waals surface area (Å²) in [7, 11) is 0. The number of hydrogen-bond donors (Lipinski definition) is 2. The zero-order chi connectivity index (χ0) is 16.2. The highest BCUT2D eigenvalue weighted by Gasteiger charge is 2.13. The van der Waals surface area contributed by atoms with Crippen LogP contribution >= 0.6 is 11.6 Å². The van der Waals surface area contributed by atoms with Gasteiger partial charge in [0.25, 0.3) is 0 Å². The van der Waals surface area contributed by atoms with Crippen molar-refractivity contribution < 1.29 is 9.53 Å². The largest absolute Gasteiger partial charge is 0.445 e. The van der Waals surface area contributed by atoms with Crippen LogP contribution in [0.2, 0.25) is 5.02 Å². The van der Waals surface area contributed by atoms with Gasteiger partial charge in [0.15, 0.2) is 5.82 Å². The average molecular weight is 328 g/mol. The molecule has 1 heterocycles. The van der Waals surface area contributed by atoms with E-state index >= 15 is 0 Å². The molecule has 0 atom stereocenters. The van der Waals surface area contributed by atoms with Crippen LogP contribution in [0.5, 0.6) is 0 Å². The summed E-state index contributed by atoms with van der Waals surface area (Å²) in [4.78, 5) is 11.7. The molecule has 5 nitrogen and oxygen atoms in total. The van der Waals surface area contributed by atoms with Crippen LogP contribution in [0.1, 0.15) is 0 Å². The zero-order valence-corrected chi connectivity index (χ0v) is 12.9. The number of fused-ring (bicyclic) bond motifs is 1. The van der Waals surface area contributed by atoms with Gasteiger partial charge in [-0.2, -0.15) is 5.10 Å². The monoisotopic (exact) mass is 327 g/mol. The number of anilines is 1. The van der Waals surface area contributed by atoms with Crippen LogP contribution in [0.25, 0.3) is 22.0 Å². The molecule has 0 aliphatic heterocycles. The van der Waals surface area contributed by atoms with E-state index in [2.05, 4.69) is 22.1 Å². The number of H-pyrrole nitrogens is 1. The van der Waals surface area contributed by atoms with Crippen molar-refractivity contribution in [2.75, 3.05) is 11.9 Å². The first-order valence-electron chi connectivity index (χ1n) is 6.96. The number of ether oxygens (including phenoxy) is 1. The van der Waals surface area contributed by atoms with Gasteiger partial charge in [-0.3, -0.25) is 10.4 Å². The fraction of sp³-hybridized carbons (Fsp3) is 0.0588. The van der Waals surface area contributed by atoms with Crippen molar-refractivity contribution in [2.45, 2.75) is 0 Å². The number of carbonyl (C=O) groups is 1. The number of nitrogens with one attached hydrogen (secondary N) is 2. The Hall–Kier alpha value is -2.79. The molecule has 0 saturated heterocycles. The summed E-state index contributed by atoms with van der Waals surface area (Å²) in [5.41, 5.74) is 2.58. The maximum absolute atomic E-state index is 11.7. The minimum Gasteiger partial charge on any atom is -0.445 e. The lowest BCUT2D eigenvalue weighted by atomic mass is 10.0. The molecular formula is C17H14ClN3O2. The van der Waals surface area contributed by atoms with Gasteiger partial charge < -0.3 is 4.74 Å². The maximum atomic E-state index is 11.7. The number of carbonyl (C=O) groups excluding carboxylic acids is 1. The molecule has 3 aromatic rings. The number of rotatable bonds is 4. The molecule has 0 aliphatic carbocycles. The van der Waals surface area contributed by atoms with E-state index in [0.29, 0.717) is 10.8 Å². The van der Waals surface area contributed by atoms with Crippen LogP contribution < -0.4 is 5.32 Å². The lowest BCUT2D eigenvalue weighted by Gasteiger charge is -2.06. The molecule has 0 bridgehead atoms. The van der Waals surface area contributed by atoms with Gasteiger partial charge in [0.2, 0.25) is 0 Å². The maximum Gasteiger partial charge on any atom is 0.413 e. The predicted molar refractivity (Wildman–Crippen MR) is 91.7 cm³/mol. The second-order valence-corrected chi connectivity index (χ2v) is 5.24. The SMILES string of the molecule is C=CCOC(=O)Nc1n[nH]c2cc(Cl)c(-c3ccccc3)cc12. The van der Waals surface area contributed by atoms with Crippen molar-refractivity contribution in [1.29, 1.82) is 0 Å². The summed E-state index contributed by atoms with van der Waals surface area (Å²) >= 11 is 6.35. The van der Waals surface area contributed by atoms with Crippen LogP contribution in [-0.4, -0.2) is 22.9 Å². The number of hydrogen-bond acceptors (Lipinski definition) is 3. The Balaban J connectivity index is 1.99. The van der Waals surface area contributed by atoms with Gasteiger partial charge >= 0.3 is 6.09 Å². The number of nitrogens with zero attached hydrogens (tertiary/aromatic N) is 1. The van der Waals surface area contributed by atoms with E-state index in [1.807, 2.05) is 36.4 Å². The number of halogens is 1. The summed E-state index contributed by atoms with van der Waals surface area (Å²) in [6, 6.07) is 13.4. The molecule has 3 rings (SSSR count). The van der Waals surface area contributed by atoms with Gasteiger partial charge in [-0.25, -0.2) is 4.79 Å². The molecule has 1 amide bonds. The molecule has 0 saturated carbocycles. The highest BCUT2D eigenvalue weighted by Crippen LogP contribution is 2.33. The van der Waals surface area contributed by atoms with E-state index in [1.165, 1.54) is 6.08 Å². The second kappa shape index (κ2) is 6.54. The number of benzene rings is 2. The Bertz CT molecular complexity index is 859. The smallest absolute Gasteiger partial charge is 0.413 e. The van der Waals surface area contributed by atoms with E-state index in [9.17, 15) is 4.79 Å².